The van der Waals surface area contributed by atoms with Gasteiger partial charge >= 0.3 is 29.8 Å². The highest BCUT2D eigenvalue weighted by Crippen LogP contribution is 2.60. The summed E-state index contributed by atoms with van der Waals surface area (Å²) < 4.78 is 26.9. The second-order valence-corrected chi connectivity index (χ2v) is 18.7. The first-order valence-electron chi connectivity index (χ1n) is 19.8. The monoisotopic (exact) mass is 716 g/mol. The summed E-state index contributed by atoms with van der Waals surface area (Å²) in [7, 11) is 0. The van der Waals surface area contributed by atoms with Crippen LogP contribution in [0.4, 0.5) is 0 Å². The molecule has 0 aromatic heterocycles. The molecule has 0 radical (unpaired) electrons. The number of esters is 5. The third kappa shape index (κ3) is 7.85. The van der Waals surface area contributed by atoms with Crippen molar-refractivity contribution in [3.05, 3.63) is 0 Å². The number of fused-ring (bicyclic) bond motifs is 1. The highest BCUT2D eigenvalue weighted by atomic mass is 16.6. The van der Waals surface area contributed by atoms with E-state index in [1.807, 2.05) is 41.5 Å². The molecule has 8 rings (SSSR count). The van der Waals surface area contributed by atoms with Gasteiger partial charge in [0.05, 0.1) is 28.8 Å². The minimum Gasteiger partial charge on any atom is -0.463 e. The van der Waals surface area contributed by atoms with Gasteiger partial charge in [0.15, 0.2) is 0 Å². The average Bonchev–Trinajstić information content (AvgIpc) is 3.83. The lowest BCUT2D eigenvalue weighted by Crippen LogP contribution is -2.58. The fourth-order valence-corrected chi connectivity index (χ4v) is 9.28. The first-order chi connectivity index (χ1) is 23.8. The summed E-state index contributed by atoms with van der Waals surface area (Å²) in [6.45, 7) is 19.9. The summed E-state index contributed by atoms with van der Waals surface area (Å²) >= 11 is 0. The molecule has 2 saturated heterocycles. The smallest absolute Gasteiger partial charge is 0.347 e. The molecule has 10 nitrogen and oxygen atoms in total. The van der Waals surface area contributed by atoms with Crippen molar-refractivity contribution in [3.63, 3.8) is 0 Å². The van der Waals surface area contributed by atoms with E-state index >= 15 is 0 Å². The Morgan fingerprint density at radius 1 is 0.706 bits per heavy atom. The zero-order valence-electron chi connectivity index (χ0n) is 32.8. The van der Waals surface area contributed by atoms with Crippen LogP contribution in [0.25, 0.3) is 0 Å². The minimum absolute atomic E-state index is 0.0185. The lowest BCUT2D eigenvalue weighted by Gasteiger charge is -2.59. The maximum atomic E-state index is 12.5. The summed E-state index contributed by atoms with van der Waals surface area (Å²) in [6.07, 6.45) is 10.1. The quantitative estimate of drug-likeness (QED) is 0.176. The standard InChI is InChI=1S/C17H28O2.C14H20O4.C10H16O4/c1-5-16(2,3)15(18)19-17(4)13-7-11-6-12(9-13)10-14(17)8-11;1-4-14(2,3)13(16)18-10-7-5-8-9(6-7)12(15)17-11(8)10;1-4-10(2,3)9(12)14-7-5-6-13-8(7)11/h11-14H,5-10H2,1-4H3;7-11H,4-6H2,1-3H3;7H,4-6H2,1-3H3. The SMILES string of the molecule is CCC(C)(C)C(=O)OC1(C)C2CC3CC(C2)CC1C3.CCC(C)(C)C(=O)OC1C2CC3C(=O)OC1C3C2.CCC(C)(C)C(=O)OC1CCOC1=O. The van der Waals surface area contributed by atoms with Crippen molar-refractivity contribution in [2.75, 3.05) is 6.61 Å². The molecule has 0 N–H and O–H groups in total. The topological polar surface area (TPSA) is 132 Å². The van der Waals surface area contributed by atoms with Gasteiger partial charge in [0.1, 0.15) is 17.8 Å². The number of carbonyl (C=O) groups is 5. The van der Waals surface area contributed by atoms with Gasteiger partial charge in [-0.05, 0) is 136 Å². The van der Waals surface area contributed by atoms with E-state index in [0.717, 1.165) is 37.5 Å². The van der Waals surface area contributed by atoms with Gasteiger partial charge in [0, 0.05) is 18.3 Å². The normalized spacial score (nSPS) is 37.1. The summed E-state index contributed by atoms with van der Waals surface area (Å²) in [4.78, 5) is 58.8. The third-order valence-electron chi connectivity index (χ3n) is 14.2. The largest absolute Gasteiger partial charge is 0.463 e. The van der Waals surface area contributed by atoms with Crippen molar-refractivity contribution in [2.45, 2.75) is 164 Å². The molecule has 6 aliphatic carbocycles. The highest BCUT2D eigenvalue weighted by Gasteiger charge is 2.63. The van der Waals surface area contributed by atoms with E-state index in [2.05, 4.69) is 13.8 Å². The Balaban J connectivity index is 0.000000150. The number of cyclic esters (lactones) is 1. The molecule has 6 atom stereocenters. The summed E-state index contributed by atoms with van der Waals surface area (Å²) in [5.74, 6) is 2.82. The predicted octanol–water partition coefficient (Wildman–Crippen LogP) is 7.38. The molecule has 6 bridgehead atoms. The fraction of sp³-hybridized carbons (Fsp3) is 0.878. The molecule has 8 fully saturated rings. The van der Waals surface area contributed by atoms with E-state index in [1.54, 1.807) is 13.8 Å². The Morgan fingerprint density at radius 3 is 1.71 bits per heavy atom. The molecule has 288 valence electrons. The van der Waals surface area contributed by atoms with Crippen molar-refractivity contribution < 1.29 is 47.7 Å². The molecule has 0 aromatic carbocycles. The van der Waals surface area contributed by atoms with Crippen LogP contribution in [0.2, 0.25) is 0 Å². The van der Waals surface area contributed by atoms with Crippen molar-refractivity contribution in [3.8, 4) is 0 Å². The molecule has 0 spiro atoms. The lowest BCUT2D eigenvalue weighted by molar-refractivity contribution is -0.211. The first-order valence-corrected chi connectivity index (χ1v) is 19.8. The van der Waals surface area contributed by atoms with Crippen molar-refractivity contribution >= 4 is 29.8 Å². The Kier molecular flexibility index (Phi) is 11.4. The van der Waals surface area contributed by atoms with Crippen LogP contribution in [-0.4, -0.2) is 60.4 Å². The van der Waals surface area contributed by atoms with Gasteiger partial charge in [-0.1, -0.05) is 20.8 Å². The van der Waals surface area contributed by atoms with Crippen LogP contribution in [-0.2, 0) is 47.7 Å². The van der Waals surface area contributed by atoms with Crippen molar-refractivity contribution in [1.29, 1.82) is 0 Å². The van der Waals surface area contributed by atoms with Gasteiger partial charge < -0.3 is 23.7 Å². The molecule has 2 heterocycles. The first kappa shape index (κ1) is 39.6. The van der Waals surface area contributed by atoms with Gasteiger partial charge in [0.2, 0.25) is 6.10 Å². The number of carbonyl (C=O) groups excluding carboxylic acids is 5. The lowest BCUT2D eigenvalue weighted by atomic mass is 9.50. The second-order valence-electron chi connectivity index (χ2n) is 18.7. The molecule has 8 aliphatic rings. The third-order valence-corrected chi connectivity index (χ3v) is 14.2. The highest BCUT2D eigenvalue weighted by molar-refractivity contribution is 5.83. The minimum atomic E-state index is -0.687. The van der Waals surface area contributed by atoms with Crippen LogP contribution in [0.3, 0.4) is 0 Å². The summed E-state index contributed by atoms with van der Waals surface area (Å²) in [5, 5.41) is 0. The Labute approximate surface area is 305 Å². The number of hydrogen-bond acceptors (Lipinski definition) is 10. The van der Waals surface area contributed by atoms with E-state index < -0.39 is 22.9 Å². The Morgan fingerprint density at radius 2 is 1.22 bits per heavy atom. The molecular weight excluding hydrogens is 652 g/mol. The Bertz CT molecular complexity index is 1320. The van der Waals surface area contributed by atoms with E-state index in [1.165, 1.54) is 32.1 Å². The van der Waals surface area contributed by atoms with Gasteiger partial charge in [-0.15, -0.1) is 0 Å². The fourth-order valence-electron chi connectivity index (χ4n) is 9.28. The number of hydrogen-bond donors (Lipinski definition) is 0. The average molecular weight is 717 g/mol. The molecular formula is C41H64O10. The number of rotatable bonds is 9. The van der Waals surface area contributed by atoms with E-state index in [0.29, 0.717) is 43.1 Å². The van der Waals surface area contributed by atoms with Crippen molar-refractivity contribution in [2.24, 2.45) is 57.7 Å². The van der Waals surface area contributed by atoms with Crippen LogP contribution >= 0.6 is 0 Å². The van der Waals surface area contributed by atoms with Gasteiger partial charge in [-0.3, -0.25) is 19.2 Å². The maximum Gasteiger partial charge on any atom is 0.347 e. The van der Waals surface area contributed by atoms with E-state index in [-0.39, 0.29) is 53.0 Å². The van der Waals surface area contributed by atoms with E-state index in [9.17, 15) is 24.0 Å². The van der Waals surface area contributed by atoms with Crippen LogP contribution < -0.4 is 0 Å². The van der Waals surface area contributed by atoms with Crippen LogP contribution in [0, 0.1) is 57.7 Å². The summed E-state index contributed by atoms with van der Waals surface area (Å²) in [6, 6.07) is 0. The van der Waals surface area contributed by atoms with E-state index in [4.69, 9.17) is 23.7 Å². The van der Waals surface area contributed by atoms with Crippen LogP contribution in [0.1, 0.15) is 140 Å². The molecule has 0 amide bonds. The molecule has 10 heteroatoms. The molecule has 2 aliphatic heterocycles. The van der Waals surface area contributed by atoms with Crippen LogP contribution in [0.15, 0.2) is 0 Å². The van der Waals surface area contributed by atoms with Crippen molar-refractivity contribution in [1.82, 2.24) is 0 Å². The predicted molar refractivity (Wildman–Crippen MR) is 189 cm³/mol. The Hall–Kier alpha value is -2.65. The zero-order valence-corrected chi connectivity index (χ0v) is 32.8. The molecule has 6 saturated carbocycles. The van der Waals surface area contributed by atoms with Gasteiger partial charge in [-0.25, -0.2) is 4.79 Å². The van der Waals surface area contributed by atoms with Crippen LogP contribution in [0.5, 0.6) is 0 Å². The molecule has 51 heavy (non-hydrogen) atoms. The molecule has 0 aromatic rings. The summed E-state index contributed by atoms with van der Waals surface area (Å²) in [5.41, 5.74) is -1.48. The second kappa shape index (κ2) is 14.6. The zero-order chi connectivity index (χ0) is 37.7. The van der Waals surface area contributed by atoms with Gasteiger partial charge in [0.25, 0.3) is 0 Å². The maximum absolute atomic E-state index is 12.5. The number of ether oxygens (including phenoxy) is 5. The molecule has 6 unspecified atom stereocenters. The van der Waals surface area contributed by atoms with Gasteiger partial charge in [-0.2, -0.15) is 0 Å².